The normalized spacial score (nSPS) is 30.7. The van der Waals surface area contributed by atoms with Crippen LogP contribution in [0, 0.1) is 5.92 Å². The molecule has 2 aliphatic heterocycles. The monoisotopic (exact) mass is 314 g/mol. The van der Waals surface area contributed by atoms with E-state index >= 15 is 0 Å². The summed E-state index contributed by atoms with van der Waals surface area (Å²) >= 11 is 0. The molecular weight excluding hydrogens is 292 g/mol. The second-order valence-electron chi connectivity index (χ2n) is 6.21. The number of nitrogens with zero attached hydrogens (tertiary/aromatic N) is 2. The molecule has 3 heterocycles. The fraction of sp³-hybridized carbons (Fsp3) is 0.769. The molecule has 0 aromatic carbocycles. The Bertz CT molecular complexity index is 572. The van der Waals surface area contributed by atoms with Crippen LogP contribution in [0.5, 0.6) is 0 Å². The molecule has 0 aliphatic carbocycles. The van der Waals surface area contributed by atoms with Crippen molar-refractivity contribution in [1.82, 2.24) is 19.8 Å². The van der Waals surface area contributed by atoms with Gasteiger partial charge in [0.25, 0.3) is 0 Å². The average molecular weight is 314 g/mol. The SMILES string of the molecule is CC(C)[C@@H]1CN2C[C@H](NS(=O)(=O)c3cn[nH]c3)C[C@H]2CO1. The molecule has 1 aromatic heterocycles. The highest BCUT2D eigenvalue weighted by Crippen LogP contribution is 2.26. The standard InChI is InChI=1S/C13H22N4O3S/c1-9(2)13-7-17-6-10(3-11(17)8-20-13)16-21(18,19)12-4-14-15-5-12/h4-5,9-11,13,16H,3,6-8H2,1-2H3,(H,14,15)/t10-,11+,13+/m1/s1. The number of morpholine rings is 1. The van der Waals surface area contributed by atoms with Crippen molar-refractivity contribution in [1.29, 1.82) is 0 Å². The molecule has 2 aliphatic rings. The second kappa shape index (κ2) is 5.68. The van der Waals surface area contributed by atoms with Crippen LogP contribution in [-0.4, -0.2) is 61.4 Å². The molecule has 2 N–H and O–H groups in total. The minimum Gasteiger partial charge on any atom is -0.375 e. The lowest BCUT2D eigenvalue weighted by Crippen LogP contribution is -2.48. The van der Waals surface area contributed by atoms with Gasteiger partial charge in [0.1, 0.15) is 4.90 Å². The van der Waals surface area contributed by atoms with E-state index < -0.39 is 10.0 Å². The van der Waals surface area contributed by atoms with Crippen molar-refractivity contribution in [2.45, 2.75) is 43.4 Å². The molecule has 0 radical (unpaired) electrons. The van der Waals surface area contributed by atoms with Crippen molar-refractivity contribution in [3.63, 3.8) is 0 Å². The summed E-state index contributed by atoms with van der Waals surface area (Å²) in [6.45, 7) is 6.62. The molecule has 7 nitrogen and oxygen atoms in total. The molecule has 2 saturated heterocycles. The highest BCUT2D eigenvalue weighted by Gasteiger charge is 2.39. The Morgan fingerprint density at radius 3 is 2.95 bits per heavy atom. The third-order valence-electron chi connectivity index (χ3n) is 4.29. The van der Waals surface area contributed by atoms with Crippen molar-refractivity contribution in [3.8, 4) is 0 Å². The number of sulfonamides is 1. The van der Waals surface area contributed by atoms with Gasteiger partial charge in [-0.1, -0.05) is 13.8 Å². The van der Waals surface area contributed by atoms with Crippen LogP contribution in [0.2, 0.25) is 0 Å². The van der Waals surface area contributed by atoms with Gasteiger partial charge in [0.05, 0.1) is 18.9 Å². The second-order valence-corrected chi connectivity index (χ2v) is 7.93. The Hall–Kier alpha value is -0.960. The first kappa shape index (κ1) is 15.0. The van der Waals surface area contributed by atoms with Crippen molar-refractivity contribution < 1.29 is 13.2 Å². The number of H-pyrrole nitrogens is 1. The highest BCUT2D eigenvalue weighted by molar-refractivity contribution is 7.89. The molecule has 0 saturated carbocycles. The minimum absolute atomic E-state index is 0.0654. The first-order valence-corrected chi connectivity index (χ1v) is 8.81. The lowest BCUT2D eigenvalue weighted by molar-refractivity contribution is -0.0683. The highest BCUT2D eigenvalue weighted by atomic mass is 32.2. The molecule has 0 bridgehead atoms. The molecule has 8 heteroatoms. The number of nitrogens with one attached hydrogen (secondary N) is 2. The quantitative estimate of drug-likeness (QED) is 0.828. The largest absolute Gasteiger partial charge is 0.375 e. The number of fused-ring (bicyclic) bond motifs is 1. The van der Waals surface area contributed by atoms with E-state index in [0.29, 0.717) is 18.6 Å². The summed E-state index contributed by atoms with van der Waals surface area (Å²) in [5.74, 6) is 0.479. The number of hydrogen-bond donors (Lipinski definition) is 2. The zero-order chi connectivity index (χ0) is 15.0. The van der Waals surface area contributed by atoms with E-state index in [9.17, 15) is 8.42 Å². The summed E-state index contributed by atoms with van der Waals surface area (Å²) in [4.78, 5) is 2.53. The molecule has 2 fully saturated rings. The van der Waals surface area contributed by atoms with Gasteiger partial charge >= 0.3 is 0 Å². The van der Waals surface area contributed by atoms with Gasteiger partial charge in [-0.15, -0.1) is 0 Å². The molecule has 3 atom stereocenters. The number of rotatable bonds is 4. The molecule has 1 aromatic rings. The summed E-state index contributed by atoms with van der Waals surface area (Å²) in [7, 11) is -3.48. The zero-order valence-corrected chi connectivity index (χ0v) is 13.1. The van der Waals surface area contributed by atoms with Crippen LogP contribution in [-0.2, 0) is 14.8 Å². The summed E-state index contributed by atoms with van der Waals surface area (Å²) in [5.41, 5.74) is 0. The van der Waals surface area contributed by atoms with E-state index in [2.05, 4.69) is 33.7 Å². The minimum atomic E-state index is -3.48. The molecule has 0 amide bonds. The number of aromatic amines is 1. The summed E-state index contributed by atoms with van der Waals surface area (Å²) in [6.07, 6.45) is 3.75. The van der Waals surface area contributed by atoms with Crippen LogP contribution in [0.1, 0.15) is 20.3 Å². The smallest absolute Gasteiger partial charge is 0.243 e. The molecule has 21 heavy (non-hydrogen) atoms. The van der Waals surface area contributed by atoms with Gasteiger partial charge in [0, 0.05) is 31.4 Å². The Balaban J connectivity index is 1.63. The Kier molecular flexibility index (Phi) is 4.04. The molecule has 0 unspecified atom stereocenters. The van der Waals surface area contributed by atoms with Crippen LogP contribution in [0.25, 0.3) is 0 Å². The van der Waals surface area contributed by atoms with E-state index in [1.54, 1.807) is 0 Å². The van der Waals surface area contributed by atoms with Crippen LogP contribution >= 0.6 is 0 Å². The van der Waals surface area contributed by atoms with Gasteiger partial charge in [-0.05, 0) is 12.3 Å². The van der Waals surface area contributed by atoms with Gasteiger partial charge in [-0.2, -0.15) is 5.10 Å². The van der Waals surface area contributed by atoms with Gasteiger partial charge in [0.15, 0.2) is 0 Å². The Morgan fingerprint density at radius 1 is 1.48 bits per heavy atom. The van der Waals surface area contributed by atoms with Gasteiger partial charge < -0.3 is 4.74 Å². The lowest BCUT2D eigenvalue weighted by atomic mass is 10.0. The number of ether oxygens (including phenoxy) is 1. The summed E-state index contributed by atoms with van der Waals surface area (Å²) < 4.78 is 33.1. The molecule has 118 valence electrons. The summed E-state index contributed by atoms with van der Waals surface area (Å²) in [6, 6.07) is 0.251. The lowest BCUT2D eigenvalue weighted by Gasteiger charge is -2.36. The van der Waals surface area contributed by atoms with Crippen LogP contribution in [0.3, 0.4) is 0 Å². The Labute approximate surface area is 125 Å². The van der Waals surface area contributed by atoms with Crippen molar-refractivity contribution in [2.75, 3.05) is 19.7 Å². The van der Waals surface area contributed by atoms with E-state index in [1.807, 2.05) is 0 Å². The molecule has 0 spiro atoms. The Morgan fingerprint density at radius 2 is 2.29 bits per heavy atom. The zero-order valence-electron chi connectivity index (χ0n) is 12.3. The number of aromatic nitrogens is 2. The van der Waals surface area contributed by atoms with Crippen LogP contribution < -0.4 is 4.72 Å². The summed E-state index contributed by atoms with van der Waals surface area (Å²) in [5, 5.41) is 6.22. The van der Waals surface area contributed by atoms with Crippen LogP contribution in [0.15, 0.2) is 17.3 Å². The van der Waals surface area contributed by atoms with E-state index in [4.69, 9.17) is 4.74 Å². The van der Waals surface area contributed by atoms with Crippen molar-refractivity contribution in [2.24, 2.45) is 5.92 Å². The third kappa shape index (κ3) is 3.13. The molecular formula is C13H22N4O3S. The fourth-order valence-corrected chi connectivity index (χ4v) is 4.21. The van der Waals surface area contributed by atoms with E-state index in [1.165, 1.54) is 12.4 Å². The van der Waals surface area contributed by atoms with Gasteiger partial charge in [-0.3, -0.25) is 10.00 Å². The molecule has 3 rings (SSSR count). The third-order valence-corrected chi connectivity index (χ3v) is 5.78. The first-order chi connectivity index (χ1) is 9.95. The van der Waals surface area contributed by atoms with E-state index in [0.717, 1.165) is 19.5 Å². The van der Waals surface area contributed by atoms with Crippen LogP contribution in [0.4, 0.5) is 0 Å². The maximum atomic E-state index is 12.2. The van der Waals surface area contributed by atoms with Gasteiger partial charge in [0.2, 0.25) is 10.0 Å². The fourth-order valence-electron chi connectivity index (χ4n) is 3.06. The maximum absolute atomic E-state index is 12.2. The number of hydrogen-bond acceptors (Lipinski definition) is 5. The van der Waals surface area contributed by atoms with E-state index in [-0.39, 0.29) is 17.0 Å². The topological polar surface area (TPSA) is 87.3 Å². The predicted molar refractivity (Wildman–Crippen MR) is 77.3 cm³/mol. The average Bonchev–Trinajstić information content (AvgIpc) is 3.06. The maximum Gasteiger partial charge on any atom is 0.243 e. The predicted octanol–water partition coefficient (Wildman–Crippen LogP) is 0.186. The van der Waals surface area contributed by atoms with Gasteiger partial charge in [-0.25, -0.2) is 13.1 Å². The first-order valence-electron chi connectivity index (χ1n) is 7.32. The van der Waals surface area contributed by atoms with Crippen molar-refractivity contribution >= 4 is 10.0 Å². The van der Waals surface area contributed by atoms with Crippen molar-refractivity contribution in [3.05, 3.63) is 12.4 Å².